The zero-order valence-corrected chi connectivity index (χ0v) is 66.5. The maximum atomic E-state index is 6.91. The van der Waals surface area contributed by atoms with E-state index in [4.69, 9.17) is 54.1 Å². The van der Waals surface area contributed by atoms with Crippen LogP contribution in [0.4, 0.5) is 0 Å². The summed E-state index contributed by atoms with van der Waals surface area (Å²) < 4.78 is 38.9. The first-order valence-electron chi connectivity index (χ1n) is 40.5. The van der Waals surface area contributed by atoms with E-state index in [9.17, 15) is 0 Å². The molecule has 120 heavy (non-hydrogen) atoms. The van der Waals surface area contributed by atoms with E-state index in [0.717, 1.165) is 73.1 Å². The second-order valence-corrected chi connectivity index (χ2v) is 31.8. The minimum Gasteiger partial charge on any atom is -0.481 e. The number of para-hydroxylation sites is 1. The third-order valence-corrected chi connectivity index (χ3v) is 24.9. The molecule has 0 amide bonds. The van der Waals surface area contributed by atoms with Crippen LogP contribution in [0.15, 0.2) is 340 Å². The number of fused-ring (bicyclic) bond motifs is 28. The van der Waals surface area contributed by atoms with Crippen LogP contribution in [-0.2, 0) is 22.4 Å². The van der Waals surface area contributed by atoms with Gasteiger partial charge in [-0.15, -0.1) is 25.7 Å². The van der Waals surface area contributed by atoms with Crippen LogP contribution >= 0.6 is 0 Å². The van der Waals surface area contributed by atoms with Crippen molar-refractivity contribution in [1.82, 2.24) is 0 Å². The Hall–Kier alpha value is -15.4. The normalized spacial score (nSPS) is 18.1. The number of hydrogen-bond acceptors (Lipinski definition) is 6. The quantitative estimate of drug-likeness (QED) is 0.164. The summed E-state index contributed by atoms with van der Waals surface area (Å²) >= 11 is 0. The van der Waals surface area contributed by atoms with Crippen LogP contribution in [0.1, 0.15) is 106 Å². The number of ether oxygens (including phenoxy) is 6. The predicted molar refractivity (Wildman–Crippen MR) is 488 cm³/mol. The molecule has 0 aromatic heterocycles. The molecule has 4 unspecified atom stereocenters. The van der Waals surface area contributed by atoms with Gasteiger partial charge < -0.3 is 28.4 Å². The van der Waals surface area contributed by atoms with E-state index in [0.29, 0.717) is 11.5 Å². The predicted octanol–water partition coefficient (Wildman–Crippen LogP) is 26.2. The van der Waals surface area contributed by atoms with Gasteiger partial charge in [0.25, 0.3) is 0 Å². The highest BCUT2D eigenvalue weighted by Gasteiger charge is 2.51. The van der Waals surface area contributed by atoms with Gasteiger partial charge in [0.05, 0.1) is 0 Å². The van der Waals surface area contributed by atoms with E-state index in [1.807, 2.05) is 60.7 Å². The second kappa shape index (κ2) is 28.2. The van der Waals surface area contributed by atoms with Gasteiger partial charge in [-0.3, -0.25) is 0 Å². The number of allylic oxidation sites excluding steroid dienone is 4. The van der Waals surface area contributed by atoms with Crippen LogP contribution in [0.25, 0.3) is 110 Å². The van der Waals surface area contributed by atoms with Gasteiger partial charge in [0.2, 0.25) is 0 Å². The van der Waals surface area contributed by atoms with Crippen LogP contribution in [0, 0.1) is 49.4 Å². The molecule has 4 spiro atoms. The van der Waals surface area contributed by atoms with Gasteiger partial charge in [0, 0.05) is 84.0 Å². The molecular weight excluding hydrogens is 1470 g/mol. The van der Waals surface area contributed by atoms with Crippen molar-refractivity contribution >= 4 is 65.4 Å². The first-order chi connectivity index (χ1) is 58.8. The summed E-state index contributed by atoms with van der Waals surface area (Å²) in [5, 5.41) is 9.79. The van der Waals surface area contributed by atoms with Crippen molar-refractivity contribution in [2.24, 2.45) is 0 Å². The lowest BCUT2D eigenvalue weighted by Crippen LogP contribution is -2.33. The molecule has 24 rings (SSSR count). The van der Waals surface area contributed by atoms with Gasteiger partial charge >= 0.3 is 0 Å². The first kappa shape index (κ1) is 72.3. The van der Waals surface area contributed by atoms with Crippen molar-refractivity contribution in [2.75, 3.05) is 13.2 Å². The van der Waals surface area contributed by atoms with Crippen molar-refractivity contribution in [2.45, 2.75) is 50.1 Å². The van der Waals surface area contributed by atoms with E-state index in [1.165, 1.54) is 138 Å². The Bertz CT molecular complexity index is 7440. The van der Waals surface area contributed by atoms with Crippen molar-refractivity contribution in [3.63, 3.8) is 0 Å². The minimum absolute atomic E-state index is 0.202. The molecule has 0 N–H and O–H groups in total. The smallest absolute Gasteiger partial charge is 0.179 e. The highest BCUT2D eigenvalue weighted by Crippen LogP contribution is 2.61. The van der Waals surface area contributed by atoms with Gasteiger partial charge in [-0.2, -0.15) is 0 Å². The monoisotopic (exact) mass is 1540 g/mol. The summed E-state index contributed by atoms with van der Waals surface area (Å²) in [7, 11) is 0. The van der Waals surface area contributed by atoms with Gasteiger partial charge in [-0.25, -0.2) is 0 Å². The van der Waals surface area contributed by atoms with Gasteiger partial charge in [0.15, 0.2) is 33.9 Å². The lowest BCUT2D eigenvalue weighted by Gasteiger charge is -2.36. The fourth-order valence-corrected chi connectivity index (χ4v) is 19.6. The highest BCUT2D eigenvalue weighted by molar-refractivity contribution is 6.00. The third-order valence-electron chi connectivity index (χ3n) is 24.9. The molecule has 0 radical (unpaired) electrons. The molecule has 6 heteroatoms. The molecule has 0 fully saturated rings. The molecule has 568 valence electrons. The van der Waals surface area contributed by atoms with Crippen molar-refractivity contribution in [3.8, 4) is 128 Å². The maximum absolute atomic E-state index is 6.91. The van der Waals surface area contributed by atoms with Crippen LogP contribution in [-0.4, -0.2) is 13.2 Å². The summed E-state index contributed by atoms with van der Waals surface area (Å²) in [4.78, 5) is 0. The Morgan fingerprint density at radius 2 is 0.575 bits per heavy atom. The topological polar surface area (TPSA) is 55.4 Å². The zero-order valence-electron chi connectivity index (χ0n) is 66.5. The molecule has 0 saturated carbocycles. The molecule has 16 aromatic rings. The van der Waals surface area contributed by atoms with Crippen molar-refractivity contribution in [1.29, 1.82) is 0 Å². The number of rotatable bonds is 4. The Balaban J connectivity index is 0.0000000990. The third kappa shape index (κ3) is 11.3. The van der Waals surface area contributed by atoms with Crippen LogP contribution in [0.3, 0.4) is 0 Å². The largest absolute Gasteiger partial charge is 0.481 e. The van der Waals surface area contributed by atoms with Crippen LogP contribution in [0.2, 0.25) is 0 Å². The second-order valence-electron chi connectivity index (χ2n) is 31.8. The van der Waals surface area contributed by atoms with E-state index in [1.54, 1.807) is 0 Å². The lowest BCUT2D eigenvalue weighted by atomic mass is 9.84. The lowest BCUT2D eigenvalue weighted by molar-refractivity contribution is 0.156. The van der Waals surface area contributed by atoms with E-state index in [2.05, 4.69) is 330 Å². The molecule has 6 nitrogen and oxygen atoms in total. The van der Waals surface area contributed by atoms with Gasteiger partial charge in [0.1, 0.15) is 36.2 Å². The van der Waals surface area contributed by atoms with E-state index in [-0.39, 0.29) is 13.2 Å². The first-order valence-corrected chi connectivity index (χ1v) is 40.5. The number of hydrogen-bond donors (Lipinski definition) is 0. The molecule has 4 aliphatic heterocycles. The Labute approximate surface area is 698 Å². The summed E-state index contributed by atoms with van der Waals surface area (Å²) in [5.41, 5.74) is 27.3. The minimum atomic E-state index is -0.706. The van der Waals surface area contributed by atoms with Crippen LogP contribution < -0.4 is 28.4 Å². The molecule has 4 heterocycles. The van der Waals surface area contributed by atoms with E-state index < -0.39 is 22.4 Å². The Morgan fingerprint density at radius 1 is 0.250 bits per heavy atom. The average molecular weight is 1540 g/mol. The van der Waals surface area contributed by atoms with Crippen molar-refractivity contribution < 1.29 is 28.4 Å². The van der Waals surface area contributed by atoms with Gasteiger partial charge in [-0.1, -0.05) is 230 Å². The highest BCUT2D eigenvalue weighted by atomic mass is 16.5. The molecule has 4 atom stereocenters. The van der Waals surface area contributed by atoms with Gasteiger partial charge in [-0.05, 0) is 265 Å². The summed E-state index contributed by atoms with van der Waals surface area (Å²) in [6.07, 6.45) is 31.1. The Kier molecular flexibility index (Phi) is 17.0. The molecule has 4 aliphatic carbocycles. The fourth-order valence-electron chi connectivity index (χ4n) is 19.6. The molecule has 8 aliphatic rings. The summed E-state index contributed by atoms with van der Waals surface area (Å²) in [5.74, 6) is 15.2. The standard InChI is InChI=1S/2C29H20O2.2C28H18O/c1-3-15-30-27-14-8-12-22-19(2)18-29(31-28(22)27)25-13-7-6-11-23(25)24-16-20-9-4-5-10-21(20)17-26(24)29;1-3-14-30-22-12-13-23-19(2)18-29(31-28(23)17-22)26-11-7-6-10-24(26)25-15-20-8-4-5-9-21(20)16-27(25)29;1-3-19-12-13-22-18(2)17-28(29-27(22)14-19)25-11-7-6-10-23(25)24-15-20-8-4-5-9-21(20)16-26(24)28;1-3-19-12-13-27-23(14-19)18(2)17-28(29-27)25-11-7-6-10-22(25)24-15-20-8-4-5-9-21(20)16-26(24)28/h1,4-14,16-18H,15H2,2H3;1,4-13,15-18H,14H2,2H3;2*1,4-17H,2H3. The SMILES string of the molecule is C#CCOc1ccc2c(c1)OC1(C=C2C)c2ccccc2-c2cc3ccccc3cc21.C#CCOc1cccc2c1OC1(C=C2C)c2ccccc2-c2cc3ccccc3cc21.C#Cc1ccc2c(c1)C(C)=CC1(O2)c2ccccc2-c2cc3ccccc3cc21.C#Cc1ccc2c(c1)OC1(C=C2C)c2ccccc2-c2cc3ccccc3cc21. The summed E-state index contributed by atoms with van der Waals surface area (Å²) in [6.45, 7) is 9.01. The van der Waals surface area contributed by atoms with Crippen LogP contribution in [0.5, 0.6) is 34.5 Å². The number of terminal acetylenes is 4. The fraction of sp³-hybridized carbons (Fsp3) is 0.0877. The van der Waals surface area contributed by atoms with E-state index >= 15 is 0 Å². The average Bonchev–Trinajstić information content (AvgIpc) is 1.63. The molecule has 0 saturated heterocycles. The Morgan fingerprint density at radius 3 is 0.992 bits per heavy atom. The van der Waals surface area contributed by atoms with Crippen molar-refractivity contribution in [3.05, 3.63) is 418 Å². The molecule has 16 aromatic carbocycles. The molecule has 0 bridgehead atoms. The summed E-state index contributed by atoms with van der Waals surface area (Å²) in [6, 6.07) is 110. The number of benzene rings is 16. The maximum Gasteiger partial charge on any atom is 0.179 e. The zero-order chi connectivity index (χ0) is 81.2. The molecular formula is C114H76O6.